The molecule has 1 unspecified atom stereocenters. The van der Waals surface area contributed by atoms with Crippen LogP contribution in [0.1, 0.15) is 12.5 Å². The highest BCUT2D eigenvalue weighted by Crippen LogP contribution is 2.13. The summed E-state index contributed by atoms with van der Waals surface area (Å²) in [5.41, 5.74) is 0.694. The Morgan fingerprint density at radius 3 is 2.31 bits per heavy atom. The fraction of sp³-hybridized carbons (Fsp3) is 0.364. The molecule has 1 atom stereocenters. The van der Waals surface area contributed by atoms with Gasteiger partial charge in [-0.2, -0.15) is 13.2 Å². The fourth-order valence-electron chi connectivity index (χ4n) is 1.34. The third-order valence-corrected chi connectivity index (χ3v) is 2.11. The van der Waals surface area contributed by atoms with Crippen LogP contribution in [0.2, 0.25) is 0 Å². The lowest BCUT2D eigenvalue weighted by molar-refractivity contribution is -0.167. The first-order valence-electron chi connectivity index (χ1n) is 4.77. The van der Waals surface area contributed by atoms with Crippen molar-refractivity contribution in [2.75, 3.05) is 0 Å². The molecule has 0 heterocycles. The van der Waals surface area contributed by atoms with Crippen molar-refractivity contribution in [1.82, 2.24) is 5.32 Å². The maximum absolute atomic E-state index is 12.1. The Hall–Kier alpha value is -1.36. The van der Waals surface area contributed by atoms with Crippen LogP contribution in [0.4, 0.5) is 13.2 Å². The normalized spacial score (nSPS) is 13.5. The van der Waals surface area contributed by atoms with Crippen molar-refractivity contribution in [3.63, 3.8) is 0 Å². The van der Waals surface area contributed by atoms with E-state index in [1.807, 2.05) is 0 Å². The maximum atomic E-state index is 12.1. The van der Waals surface area contributed by atoms with Gasteiger partial charge in [0.2, 0.25) is 0 Å². The molecule has 1 aromatic rings. The smallest absolute Gasteiger partial charge is 0.298 e. The van der Waals surface area contributed by atoms with Crippen molar-refractivity contribution in [3.8, 4) is 0 Å². The van der Waals surface area contributed by atoms with Crippen molar-refractivity contribution >= 4 is 5.78 Å². The van der Waals surface area contributed by atoms with Gasteiger partial charge in [-0.3, -0.25) is 4.79 Å². The molecule has 1 rings (SSSR count). The molecule has 0 fully saturated rings. The van der Waals surface area contributed by atoms with Crippen LogP contribution in [-0.4, -0.2) is 18.1 Å². The van der Waals surface area contributed by atoms with Crippen LogP contribution >= 0.6 is 0 Å². The summed E-state index contributed by atoms with van der Waals surface area (Å²) in [6, 6.07) is 7.37. The van der Waals surface area contributed by atoms with E-state index in [9.17, 15) is 18.0 Å². The number of nitrogens with one attached hydrogen (secondary N) is 1. The van der Waals surface area contributed by atoms with Gasteiger partial charge in [0.05, 0.1) is 6.04 Å². The molecule has 88 valence electrons. The third-order valence-electron chi connectivity index (χ3n) is 2.11. The Morgan fingerprint density at radius 1 is 1.31 bits per heavy atom. The van der Waals surface area contributed by atoms with E-state index in [0.717, 1.165) is 6.92 Å². The minimum atomic E-state index is -4.54. The number of alkyl halides is 3. The number of Topliss-reactive ketones (excluding diaryl/α,β-unsaturated/α-hetero) is 1. The van der Waals surface area contributed by atoms with Gasteiger partial charge in [0.15, 0.2) is 0 Å². The lowest BCUT2D eigenvalue weighted by atomic mass is 10.0. The predicted octanol–water partition coefficient (Wildman–Crippen LogP) is 2.30. The second-order valence-electron chi connectivity index (χ2n) is 3.50. The summed E-state index contributed by atoms with van der Waals surface area (Å²) in [5, 5.41) is 1.35. The zero-order chi connectivity index (χ0) is 12.2. The van der Waals surface area contributed by atoms with Gasteiger partial charge in [0.25, 0.3) is 0 Å². The molecule has 16 heavy (non-hydrogen) atoms. The van der Waals surface area contributed by atoms with E-state index in [2.05, 4.69) is 0 Å². The summed E-state index contributed by atoms with van der Waals surface area (Å²) < 4.78 is 36.3. The number of hydrogen-bond acceptors (Lipinski definition) is 2. The molecule has 0 amide bonds. The Balaban J connectivity index is 2.70. The highest BCUT2D eigenvalue weighted by Gasteiger charge is 2.32. The minimum Gasteiger partial charge on any atom is -0.298 e. The average molecular weight is 231 g/mol. The lowest BCUT2D eigenvalue weighted by Crippen LogP contribution is -2.45. The topological polar surface area (TPSA) is 29.1 Å². The zero-order valence-corrected chi connectivity index (χ0v) is 8.71. The molecule has 0 bridgehead atoms. The summed E-state index contributed by atoms with van der Waals surface area (Å²) >= 11 is 0. The predicted molar refractivity (Wildman–Crippen MR) is 53.8 cm³/mol. The number of rotatable bonds is 4. The van der Waals surface area contributed by atoms with Gasteiger partial charge in [-0.05, 0) is 18.9 Å². The fourth-order valence-corrected chi connectivity index (χ4v) is 1.34. The highest BCUT2D eigenvalue weighted by atomic mass is 19.4. The maximum Gasteiger partial charge on any atom is 0.457 e. The Morgan fingerprint density at radius 2 is 1.88 bits per heavy atom. The van der Waals surface area contributed by atoms with Gasteiger partial charge in [-0.1, -0.05) is 30.3 Å². The molecule has 0 spiro atoms. The highest BCUT2D eigenvalue weighted by molar-refractivity contribution is 5.81. The number of ketones is 1. The van der Waals surface area contributed by atoms with Gasteiger partial charge < -0.3 is 0 Å². The summed E-state index contributed by atoms with van der Waals surface area (Å²) in [7, 11) is 0. The van der Waals surface area contributed by atoms with Crippen LogP contribution in [-0.2, 0) is 11.2 Å². The molecule has 0 aliphatic heterocycles. The van der Waals surface area contributed by atoms with Crippen LogP contribution in [0.15, 0.2) is 30.3 Å². The van der Waals surface area contributed by atoms with Crippen LogP contribution in [0.25, 0.3) is 0 Å². The first-order valence-corrected chi connectivity index (χ1v) is 4.77. The lowest BCUT2D eigenvalue weighted by Gasteiger charge is -2.17. The number of hydrogen-bond donors (Lipinski definition) is 1. The van der Waals surface area contributed by atoms with Crippen LogP contribution in [0, 0.1) is 0 Å². The molecule has 2 nitrogen and oxygen atoms in total. The van der Waals surface area contributed by atoms with Crippen molar-refractivity contribution in [3.05, 3.63) is 35.9 Å². The molecule has 0 aromatic heterocycles. The number of halogens is 3. The molecular formula is C11H12F3NO. The Kier molecular flexibility index (Phi) is 4.06. The SMILES string of the molecule is CC(=O)C(Cc1ccccc1)NC(F)(F)F. The van der Waals surface area contributed by atoms with Crippen LogP contribution in [0.3, 0.4) is 0 Å². The van der Waals surface area contributed by atoms with Crippen molar-refractivity contribution in [2.24, 2.45) is 0 Å². The van der Waals surface area contributed by atoms with Gasteiger partial charge in [-0.25, -0.2) is 5.32 Å². The van der Waals surface area contributed by atoms with E-state index >= 15 is 0 Å². The summed E-state index contributed by atoms with van der Waals surface area (Å²) in [4.78, 5) is 11.1. The number of benzene rings is 1. The minimum absolute atomic E-state index is 0.0374. The first kappa shape index (κ1) is 12.7. The monoisotopic (exact) mass is 231 g/mol. The van der Waals surface area contributed by atoms with Crippen molar-refractivity contribution in [1.29, 1.82) is 0 Å². The second kappa shape index (κ2) is 5.12. The average Bonchev–Trinajstić information content (AvgIpc) is 2.16. The van der Waals surface area contributed by atoms with E-state index in [0.29, 0.717) is 5.56 Å². The molecule has 0 radical (unpaired) electrons. The van der Waals surface area contributed by atoms with E-state index in [1.165, 1.54) is 5.32 Å². The van der Waals surface area contributed by atoms with E-state index in [-0.39, 0.29) is 6.42 Å². The molecule has 1 N–H and O–H groups in total. The quantitative estimate of drug-likeness (QED) is 0.805. The summed E-state index contributed by atoms with van der Waals surface area (Å²) in [6.07, 6.45) is -4.50. The standard InChI is InChI=1S/C11H12F3NO/c1-8(16)10(15-11(12,13)14)7-9-5-3-2-4-6-9/h2-6,10,15H,7H2,1H3. The zero-order valence-electron chi connectivity index (χ0n) is 8.71. The van der Waals surface area contributed by atoms with Gasteiger partial charge in [-0.15, -0.1) is 0 Å². The number of carbonyl (C=O) groups is 1. The van der Waals surface area contributed by atoms with E-state index < -0.39 is 18.1 Å². The summed E-state index contributed by atoms with van der Waals surface area (Å²) in [6.45, 7) is 1.15. The van der Waals surface area contributed by atoms with Crippen molar-refractivity contribution in [2.45, 2.75) is 25.7 Å². The van der Waals surface area contributed by atoms with Gasteiger partial charge in [0.1, 0.15) is 5.78 Å². The van der Waals surface area contributed by atoms with Crippen LogP contribution in [0.5, 0.6) is 0 Å². The third kappa shape index (κ3) is 4.44. The molecule has 0 aliphatic rings. The summed E-state index contributed by atoms with van der Waals surface area (Å²) in [5.74, 6) is -0.527. The molecule has 1 aromatic carbocycles. The molecule has 0 aliphatic carbocycles. The van der Waals surface area contributed by atoms with Gasteiger partial charge >= 0.3 is 6.30 Å². The Labute approximate surface area is 91.5 Å². The van der Waals surface area contributed by atoms with E-state index in [4.69, 9.17) is 0 Å². The first-order chi connectivity index (χ1) is 7.38. The Bertz CT molecular complexity index is 348. The number of carbonyl (C=O) groups excluding carboxylic acids is 1. The van der Waals surface area contributed by atoms with Gasteiger partial charge in [0, 0.05) is 0 Å². The molecule has 0 saturated heterocycles. The second-order valence-corrected chi connectivity index (χ2v) is 3.50. The largest absolute Gasteiger partial charge is 0.457 e. The molecule has 0 saturated carbocycles. The molecular weight excluding hydrogens is 219 g/mol. The van der Waals surface area contributed by atoms with Crippen LogP contribution < -0.4 is 5.32 Å². The van der Waals surface area contributed by atoms with Crippen molar-refractivity contribution < 1.29 is 18.0 Å². The van der Waals surface area contributed by atoms with E-state index in [1.54, 1.807) is 30.3 Å². The molecule has 5 heteroatoms.